The van der Waals surface area contributed by atoms with Crippen molar-refractivity contribution in [2.24, 2.45) is 7.05 Å². The van der Waals surface area contributed by atoms with Crippen LogP contribution in [-0.2, 0) is 27.6 Å². The smallest absolute Gasteiger partial charge is 0.431 e. The summed E-state index contributed by atoms with van der Waals surface area (Å²) in [5.41, 5.74) is -5.19. The molecule has 0 spiro atoms. The number of carboxylic acid groups (broad SMARTS) is 2. The lowest BCUT2D eigenvalue weighted by Crippen LogP contribution is -2.41. The fourth-order valence-corrected chi connectivity index (χ4v) is 3.71. The van der Waals surface area contributed by atoms with E-state index >= 15 is 0 Å². The number of benzene rings is 1. The van der Waals surface area contributed by atoms with Crippen LogP contribution in [-0.4, -0.2) is 49.0 Å². The zero-order valence-electron chi connectivity index (χ0n) is 18.4. The first-order valence-electron chi connectivity index (χ1n) is 9.40. The van der Waals surface area contributed by atoms with Gasteiger partial charge in [0.15, 0.2) is 0 Å². The zero-order valence-corrected chi connectivity index (χ0v) is 20.0. The van der Waals surface area contributed by atoms with E-state index in [1.54, 1.807) is 0 Å². The second-order valence-electron chi connectivity index (χ2n) is 6.69. The summed E-state index contributed by atoms with van der Waals surface area (Å²) < 4.78 is 53.9. The first-order valence-corrected chi connectivity index (χ1v) is 10.7. The van der Waals surface area contributed by atoms with Crippen molar-refractivity contribution in [1.82, 2.24) is 14.5 Å². The third-order valence-electron chi connectivity index (χ3n) is 4.04. The van der Waals surface area contributed by atoms with E-state index in [0.717, 1.165) is 26.1 Å². The number of hydrogen-bond acceptors (Lipinski definition) is 6. The number of aliphatic carboxylic acids is 2. The Morgan fingerprint density at radius 1 is 1.22 bits per heavy atom. The quantitative estimate of drug-likeness (QED) is 0.268. The van der Waals surface area contributed by atoms with Gasteiger partial charge in [0.1, 0.15) is 16.8 Å². The van der Waals surface area contributed by atoms with Gasteiger partial charge in [-0.2, -0.15) is 13.2 Å². The molecule has 10 nitrogen and oxygen atoms in total. The lowest BCUT2D eigenvalue weighted by Gasteiger charge is -2.17. The summed E-state index contributed by atoms with van der Waals surface area (Å²) in [6, 6.07) is 1.68. The number of hydrogen-bond donors (Lipinski definition) is 3. The van der Waals surface area contributed by atoms with Crippen molar-refractivity contribution in [3.05, 3.63) is 68.2 Å². The molecule has 0 bridgehead atoms. The molecule has 0 aliphatic carbocycles. The summed E-state index contributed by atoms with van der Waals surface area (Å²) in [6.07, 6.45) is -4.09. The Balaban J connectivity index is 0.00000150. The summed E-state index contributed by atoms with van der Waals surface area (Å²) in [4.78, 5) is 56.3. The number of nitrogens with zero attached hydrogens (tertiary/aromatic N) is 2. The van der Waals surface area contributed by atoms with Crippen LogP contribution in [0.1, 0.15) is 12.6 Å². The number of amides is 1. The van der Waals surface area contributed by atoms with Crippen LogP contribution in [0.2, 0.25) is 5.02 Å². The van der Waals surface area contributed by atoms with E-state index in [2.05, 4.69) is 11.9 Å². The highest BCUT2D eigenvalue weighted by Gasteiger charge is 2.35. The van der Waals surface area contributed by atoms with Crippen LogP contribution in [0.3, 0.4) is 0 Å². The maximum atomic E-state index is 14.5. The summed E-state index contributed by atoms with van der Waals surface area (Å²) in [7, 11) is 0.757. The van der Waals surface area contributed by atoms with Crippen molar-refractivity contribution in [2.75, 3.05) is 6.54 Å². The molecule has 1 amide bonds. The first-order chi connectivity index (χ1) is 16.5. The van der Waals surface area contributed by atoms with E-state index in [-0.39, 0.29) is 31.7 Å². The van der Waals surface area contributed by atoms with Crippen LogP contribution in [0, 0.1) is 5.82 Å². The van der Waals surface area contributed by atoms with Gasteiger partial charge < -0.3 is 15.5 Å². The number of carbonyl (C=O) groups excluding carboxylic acids is 1. The summed E-state index contributed by atoms with van der Waals surface area (Å²) in [6.45, 7) is 3.92. The van der Waals surface area contributed by atoms with Gasteiger partial charge in [0, 0.05) is 31.5 Å². The van der Waals surface area contributed by atoms with Gasteiger partial charge in [-0.1, -0.05) is 18.2 Å². The molecule has 0 fully saturated rings. The predicted octanol–water partition coefficient (Wildman–Crippen LogP) is 2.29. The van der Waals surface area contributed by atoms with Crippen LogP contribution in [0.15, 0.2) is 45.3 Å². The molecule has 36 heavy (non-hydrogen) atoms. The molecule has 2 aromatic rings. The van der Waals surface area contributed by atoms with Crippen LogP contribution in [0.5, 0.6) is 0 Å². The number of halogens is 5. The molecule has 1 unspecified atom stereocenters. The molecule has 0 aliphatic heterocycles. The van der Waals surface area contributed by atoms with Gasteiger partial charge in [0.25, 0.3) is 11.5 Å². The first kappa shape index (κ1) is 30.4. The maximum absolute atomic E-state index is 14.5. The van der Waals surface area contributed by atoms with E-state index < -0.39 is 57.7 Å². The Bertz CT molecular complexity index is 1300. The van der Waals surface area contributed by atoms with Crippen LogP contribution in [0.4, 0.5) is 17.6 Å². The Morgan fingerprint density at radius 2 is 1.78 bits per heavy atom. The fraction of sp³-hybridized carbons (Fsp3) is 0.250. The molecule has 196 valence electrons. The van der Waals surface area contributed by atoms with Gasteiger partial charge in [-0.05, 0) is 18.2 Å². The standard InChI is InChI=1S/C18H14ClF4N3O5S.C2H4O2/c1-3-14(27)24-7-12(16(29)30)32-11-5-10(9(20)4-8(11)19)26-15(28)6-13(18(21,22)23)25(2)17(26)31;1-2(3)4/h3-6,12H,1,7H2,2H3,(H,24,27)(H,29,30);1H3,(H,3,4). The highest BCUT2D eigenvalue weighted by molar-refractivity contribution is 8.00. The van der Waals surface area contributed by atoms with E-state index in [1.165, 1.54) is 0 Å². The molecular formula is C20H18ClF4N3O7S. The molecule has 3 N–H and O–H groups in total. The average molecular weight is 556 g/mol. The van der Waals surface area contributed by atoms with Gasteiger partial charge >= 0.3 is 17.8 Å². The van der Waals surface area contributed by atoms with Crippen LogP contribution < -0.4 is 16.6 Å². The lowest BCUT2D eigenvalue weighted by atomic mass is 10.3. The number of thioether (sulfide) groups is 1. The average Bonchev–Trinajstić information content (AvgIpc) is 2.74. The number of carboxylic acids is 2. The minimum atomic E-state index is -5.00. The van der Waals surface area contributed by atoms with E-state index in [0.29, 0.717) is 17.8 Å². The predicted molar refractivity (Wildman–Crippen MR) is 121 cm³/mol. The SMILES string of the molecule is C=CC(=O)NCC(Sc1cc(-n2c(=O)cc(C(F)(F)F)n(C)c2=O)c(F)cc1Cl)C(=O)O.CC(=O)O. The monoisotopic (exact) mass is 555 g/mol. The number of nitrogens with one attached hydrogen (secondary N) is 1. The van der Waals surface area contributed by atoms with Crippen molar-refractivity contribution in [2.45, 2.75) is 23.2 Å². The van der Waals surface area contributed by atoms with Gasteiger partial charge in [-0.25, -0.2) is 13.8 Å². The van der Waals surface area contributed by atoms with E-state index in [4.69, 9.17) is 21.5 Å². The van der Waals surface area contributed by atoms with Gasteiger partial charge in [0.2, 0.25) is 5.91 Å². The minimum Gasteiger partial charge on any atom is -0.481 e. The Labute approximate surface area is 208 Å². The van der Waals surface area contributed by atoms with Crippen LogP contribution >= 0.6 is 23.4 Å². The lowest BCUT2D eigenvalue weighted by molar-refractivity contribution is -0.144. The van der Waals surface area contributed by atoms with Crippen molar-refractivity contribution in [3.63, 3.8) is 0 Å². The summed E-state index contributed by atoms with van der Waals surface area (Å²) in [5, 5.41) is 17.4. The van der Waals surface area contributed by atoms with E-state index in [1.807, 2.05) is 0 Å². The third kappa shape index (κ3) is 7.98. The minimum absolute atomic E-state index is 0.0998. The Hall–Kier alpha value is -3.59. The number of rotatable bonds is 7. The van der Waals surface area contributed by atoms with Crippen LogP contribution in [0.25, 0.3) is 5.69 Å². The highest BCUT2D eigenvalue weighted by Crippen LogP contribution is 2.34. The molecule has 1 heterocycles. The van der Waals surface area contributed by atoms with Crippen molar-refractivity contribution < 1.29 is 42.2 Å². The molecule has 0 saturated heterocycles. The van der Waals surface area contributed by atoms with E-state index in [9.17, 15) is 41.8 Å². The highest BCUT2D eigenvalue weighted by atomic mass is 35.5. The molecule has 1 aromatic carbocycles. The molecule has 1 atom stereocenters. The maximum Gasteiger partial charge on any atom is 0.431 e. The van der Waals surface area contributed by atoms with Crippen molar-refractivity contribution >= 4 is 41.2 Å². The van der Waals surface area contributed by atoms with Gasteiger partial charge in [-0.15, -0.1) is 11.8 Å². The van der Waals surface area contributed by atoms with Crippen molar-refractivity contribution in [1.29, 1.82) is 0 Å². The molecule has 16 heteroatoms. The second kappa shape index (κ2) is 12.4. The largest absolute Gasteiger partial charge is 0.481 e. The van der Waals surface area contributed by atoms with Gasteiger partial charge in [-0.3, -0.25) is 23.7 Å². The zero-order chi connectivity index (χ0) is 28.0. The number of alkyl halides is 3. The third-order valence-corrected chi connectivity index (χ3v) is 5.71. The molecule has 1 aromatic heterocycles. The topological polar surface area (TPSA) is 148 Å². The Morgan fingerprint density at radius 3 is 2.25 bits per heavy atom. The molecule has 0 aliphatic rings. The molecule has 2 rings (SSSR count). The fourth-order valence-electron chi connectivity index (χ4n) is 2.50. The second-order valence-corrected chi connectivity index (χ2v) is 8.34. The normalized spacial score (nSPS) is 11.6. The van der Waals surface area contributed by atoms with Crippen molar-refractivity contribution in [3.8, 4) is 5.69 Å². The Kier molecular flexibility index (Phi) is 10.5. The molecule has 0 saturated carbocycles. The molecule has 0 radical (unpaired) electrons. The molecular weight excluding hydrogens is 538 g/mol. The number of aromatic nitrogens is 2. The summed E-state index contributed by atoms with van der Waals surface area (Å²) in [5.74, 6) is -4.06. The number of carbonyl (C=O) groups is 3. The van der Waals surface area contributed by atoms with Gasteiger partial charge in [0.05, 0.1) is 10.7 Å². The summed E-state index contributed by atoms with van der Waals surface area (Å²) >= 11 is 6.51.